The van der Waals surface area contributed by atoms with Gasteiger partial charge < -0.3 is 9.73 Å². The highest BCUT2D eigenvalue weighted by Crippen LogP contribution is 2.39. The molecule has 144 valence electrons. The quantitative estimate of drug-likeness (QED) is 0.610. The lowest BCUT2D eigenvalue weighted by Gasteiger charge is -2.29. The maximum Gasteiger partial charge on any atom is 0.270 e. The Labute approximate surface area is 171 Å². The van der Waals surface area contributed by atoms with Crippen molar-refractivity contribution in [3.63, 3.8) is 0 Å². The van der Waals surface area contributed by atoms with Gasteiger partial charge >= 0.3 is 0 Å². The molecule has 28 heavy (non-hydrogen) atoms. The van der Waals surface area contributed by atoms with Crippen LogP contribution in [0.25, 0.3) is 0 Å². The second-order valence-electron chi connectivity index (χ2n) is 6.07. The van der Waals surface area contributed by atoms with Crippen molar-refractivity contribution in [3.05, 3.63) is 86.4 Å². The van der Waals surface area contributed by atoms with Crippen LogP contribution in [0.15, 0.2) is 69.6 Å². The number of halogens is 1. The Balaban J connectivity index is 1.68. The highest BCUT2D eigenvalue weighted by molar-refractivity contribution is 7.97. The third-order valence-corrected chi connectivity index (χ3v) is 7.16. The number of hydrogen-bond acceptors (Lipinski definition) is 6. The molecule has 9 heteroatoms. The number of ketones is 1. The lowest BCUT2D eigenvalue weighted by molar-refractivity contribution is 0.104. The Morgan fingerprint density at radius 2 is 1.96 bits per heavy atom. The van der Waals surface area contributed by atoms with E-state index in [1.165, 1.54) is 28.1 Å². The Bertz CT molecular complexity index is 1130. The van der Waals surface area contributed by atoms with Gasteiger partial charge in [0.15, 0.2) is 4.91 Å². The predicted octanol–water partition coefficient (Wildman–Crippen LogP) is 4.16. The van der Waals surface area contributed by atoms with Crippen molar-refractivity contribution >= 4 is 44.4 Å². The zero-order valence-corrected chi connectivity index (χ0v) is 16.9. The van der Waals surface area contributed by atoms with Crippen LogP contribution in [-0.2, 0) is 23.1 Å². The van der Waals surface area contributed by atoms with Crippen LogP contribution < -0.4 is 9.62 Å². The van der Waals surface area contributed by atoms with Gasteiger partial charge in [-0.2, -0.15) is 0 Å². The first-order valence-electron chi connectivity index (χ1n) is 8.32. The minimum absolute atomic E-state index is 0.103. The van der Waals surface area contributed by atoms with E-state index in [0.717, 1.165) is 5.56 Å². The number of fused-ring (bicyclic) bond motifs is 1. The van der Waals surface area contributed by atoms with Crippen molar-refractivity contribution in [1.82, 2.24) is 5.32 Å². The van der Waals surface area contributed by atoms with Crippen molar-refractivity contribution in [2.24, 2.45) is 0 Å². The summed E-state index contributed by atoms with van der Waals surface area (Å²) in [6.45, 7) is 0.375. The summed E-state index contributed by atoms with van der Waals surface area (Å²) in [7, 11) is -4.02. The monoisotopic (exact) mass is 434 g/mol. The lowest BCUT2D eigenvalue weighted by Crippen LogP contribution is -2.38. The third-order valence-electron chi connectivity index (χ3n) is 4.24. The fraction of sp³-hybridized carbons (Fsp3) is 0.105. The number of benzene rings is 1. The largest absolute Gasteiger partial charge is 0.467 e. The smallest absolute Gasteiger partial charge is 0.270 e. The number of Topliss-reactive ketones (excluding diaryl/α,β-unsaturated/α-hetero) is 1. The first kappa shape index (κ1) is 18.8. The molecule has 0 unspecified atom stereocenters. The molecule has 1 aliphatic heterocycles. The fourth-order valence-corrected chi connectivity index (χ4v) is 5.50. The van der Waals surface area contributed by atoms with Crippen LogP contribution in [-0.4, -0.2) is 14.2 Å². The molecular weight excluding hydrogens is 420 g/mol. The maximum atomic E-state index is 13.2. The topological polar surface area (TPSA) is 79.6 Å². The first-order chi connectivity index (χ1) is 13.5. The molecule has 2 aromatic heterocycles. The number of sulfonamides is 1. The molecule has 4 rings (SSSR count). The third kappa shape index (κ3) is 3.46. The van der Waals surface area contributed by atoms with Gasteiger partial charge in [0, 0.05) is 11.2 Å². The number of anilines is 1. The van der Waals surface area contributed by atoms with Crippen molar-refractivity contribution in [2.75, 3.05) is 4.31 Å². The summed E-state index contributed by atoms with van der Waals surface area (Å²) in [5.74, 6) is 0.122. The molecule has 1 N–H and O–H groups in total. The number of nitrogens with one attached hydrogen (secondary N) is 1. The molecule has 0 amide bonds. The van der Waals surface area contributed by atoms with Crippen LogP contribution in [0.5, 0.6) is 0 Å². The van der Waals surface area contributed by atoms with Crippen LogP contribution in [0, 0.1) is 0 Å². The lowest BCUT2D eigenvalue weighted by atomic mass is 10.2. The van der Waals surface area contributed by atoms with Crippen LogP contribution in [0.3, 0.4) is 0 Å². The van der Waals surface area contributed by atoms with Gasteiger partial charge in [-0.3, -0.25) is 9.10 Å². The van der Waals surface area contributed by atoms with Crippen LogP contribution in [0.4, 0.5) is 5.69 Å². The summed E-state index contributed by atoms with van der Waals surface area (Å²) < 4.78 is 32.9. The molecule has 3 aromatic rings. The molecule has 0 radical (unpaired) electrons. The van der Waals surface area contributed by atoms with E-state index < -0.39 is 15.8 Å². The van der Waals surface area contributed by atoms with E-state index in [1.54, 1.807) is 47.8 Å². The molecule has 1 aromatic carbocycles. The van der Waals surface area contributed by atoms with Crippen molar-refractivity contribution in [1.29, 1.82) is 0 Å². The van der Waals surface area contributed by atoms with Gasteiger partial charge in [0.25, 0.3) is 10.0 Å². The van der Waals surface area contributed by atoms with Gasteiger partial charge in [-0.1, -0.05) is 23.7 Å². The minimum Gasteiger partial charge on any atom is -0.467 e. The minimum atomic E-state index is -4.02. The maximum absolute atomic E-state index is 13.2. The summed E-state index contributed by atoms with van der Waals surface area (Å²) in [5.41, 5.74) is 1.16. The van der Waals surface area contributed by atoms with Crippen LogP contribution in [0.1, 0.15) is 21.0 Å². The van der Waals surface area contributed by atoms with Gasteiger partial charge in [-0.15, -0.1) is 11.3 Å². The molecule has 0 atom stereocenters. The molecule has 1 aliphatic rings. The number of allylic oxidation sites excluding steroid dienone is 1. The molecule has 6 nitrogen and oxygen atoms in total. The van der Waals surface area contributed by atoms with E-state index in [2.05, 4.69) is 5.32 Å². The zero-order valence-electron chi connectivity index (χ0n) is 14.5. The van der Waals surface area contributed by atoms with E-state index in [9.17, 15) is 13.2 Å². The normalized spacial score (nSPS) is 17.0. The average Bonchev–Trinajstić information content (AvgIpc) is 3.35. The summed E-state index contributed by atoms with van der Waals surface area (Å²) in [4.78, 5) is 12.9. The molecule has 0 saturated heterocycles. The Hall–Kier alpha value is -2.55. The number of carbonyl (C=O) groups is 1. The first-order valence-corrected chi connectivity index (χ1v) is 11.0. The predicted molar refractivity (Wildman–Crippen MR) is 109 cm³/mol. The Morgan fingerprint density at radius 3 is 2.68 bits per heavy atom. The van der Waals surface area contributed by atoms with Gasteiger partial charge in [-0.05, 0) is 41.3 Å². The molecule has 0 fully saturated rings. The molecule has 0 aliphatic carbocycles. The molecule has 0 bridgehead atoms. The van der Waals surface area contributed by atoms with Crippen molar-refractivity contribution in [2.45, 2.75) is 13.1 Å². The fourth-order valence-electron chi connectivity index (χ4n) is 2.87. The molecule has 3 heterocycles. The SMILES string of the molecule is O=C1C(=CNCc2ccco2)S(=O)(=O)N(Cc2ccc(Cl)cc2)c2ccsc21. The van der Waals surface area contributed by atoms with Crippen LogP contribution in [0.2, 0.25) is 5.02 Å². The Kier molecular flexibility index (Phi) is 5.01. The average molecular weight is 435 g/mol. The summed E-state index contributed by atoms with van der Waals surface area (Å²) in [6.07, 6.45) is 2.77. The number of thiophene rings is 1. The summed E-state index contributed by atoms with van der Waals surface area (Å²) >= 11 is 7.14. The molecule has 0 spiro atoms. The van der Waals surface area contributed by atoms with E-state index >= 15 is 0 Å². The summed E-state index contributed by atoms with van der Waals surface area (Å²) in [6, 6.07) is 12.1. The van der Waals surface area contributed by atoms with Gasteiger partial charge in [0.05, 0.1) is 25.0 Å². The number of nitrogens with zero attached hydrogens (tertiary/aromatic N) is 1. The zero-order chi connectivity index (χ0) is 19.7. The molecule has 0 saturated carbocycles. The van der Waals surface area contributed by atoms with E-state index in [1.807, 2.05) is 0 Å². The van der Waals surface area contributed by atoms with Crippen molar-refractivity contribution in [3.8, 4) is 0 Å². The van der Waals surface area contributed by atoms with Gasteiger partial charge in [0.2, 0.25) is 5.78 Å². The second kappa shape index (κ2) is 7.46. The number of rotatable bonds is 5. The van der Waals surface area contributed by atoms with Gasteiger partial charge in [0.1, 0.15) is 10.6 Å². The number of hydrogen-bond donors (Lipinski definition) is 1. The number of furan rings is 1. The Morgan fingerprint density at radius 1 is 1.18 bits per heavy atom. The number of carbonyl (C=O) groups excluding carboxylic acids is 1. The standard InChI is InChI=1S/C19H15ClN2O4S2/c20-14-5-3-13(4-6-14)12-22-16-7-9-27-19(16)18(23)17(28(22,24)25)11-21-10-15-2-1-8-26-15/h1-9,11,21H,10,12H2. The van der Waals surface area contributed by atoms with Gasteiger partial charge in [-0.25, -0.2) is 8.42 Å². The highest BCUT2D eigenvalue weighted by atomic mass is 35.5. The highest BCUT2D eigenvalue weighted by Gasteiger charge is 2.41. The van der Waals surface area contributed by atoms with Crippen molar-refractivity contribution < 1.29 is 17.6 Å². The van der Waals surface area contributed by atoms with E-state index in [-0.39, 0.29) is 18.0 Å². The van der Waals surface area contributed by atoms with Crippen LogP contribution >= 0.6 is 22.9 Å². The van der Waals surface area contributed by atoms with E-state index in [4.69, 9.17) is 16.0 Å². The summed E-state index contributed by atoms with van der Waals surface area (Å²) in [5, 5.41) is 5.15. The molecular formula is C19H15ClN2O4S2. The second-order valence-corrected chi connectivity index (χ2v) is 9.25. The van der Waals surface area contributed by atoms with E-state index in [0.29, 0.717) is 21.3 Å².